The average Bonchev–Trinajstić information content (AvgIpc) is 2.49. The summed E-state index contributed by atoms with van der Waals surface area (Å²) in [5.41, 5.74) is 0.385. The number of hydrogen-bond donors (Lipinski definition) is 0. The predicted molar refractivity (Wildman–Crippen MR) is 83.0 cm³/mol. The van der Waals surface area contributed by atoms with E-state index in [0.29, 0.717) is 10.0 Å². The first-order chi connectivity index (χ1) is 10.1. The summed E-state index contributed by atoms with van der Waals surface area (Å²) >= 11 is 3.15. The maximum absolute atomic E-state index is 13.7. The monoisotopic (exact) mass is 344 g/mol. The number of carbonyl (C=O) groups excluding carboxylic acids is 1. The first kappa shape index (κ1) is 13.8. The van der Waals surface area contributed by atoms with Crippen molar-refractivity contribution < 1.29 is 13.9 Å². The predicted octanol–water partition coefficient (Wildman–Crippen LogP) is 4.96. The summed E-state index contributed by atoms with van der Waals surface area (Å²) in [6.45, 7) is 0. The van der Waals surface area contributed by atoms with Crippen molar-refractivity contribution in [3.63, 3.8) is 0 Å². The van der Waals surface area contributed by atoms with Crippen LogP contribution in [0.25, 0.3) is 10.8 Å². The molecule has 3 aromatic carbocycles. The molecule has 4 heteroatoms. The summed E-state index contributed by atoms with van der Waals surface area (Å²) in [4.78, 5) is 12.1. The third-order valence-electron chi connectivity index (χ3n) is 3.08. The molecule has 0 radical (unpaired) electrons. The summed E-state index contributed by atoms with van der Waals surface area (Å²) in [5, 5.41) is 1.96. The van der Waals surface area contributed by atoms with E-state index in [-0.39, 0.29) is 5.75 Å². The minimum atomic E-state index is -0.585. The summed E-state index contributed by atoms with van der Waals surface area (Å²) in [6, 6.07) is 17.2. The lowest BCUT2D eigenvalue weighted by molar-refractivity contribution is 0.0728. The van der Waals surface area contributed by atoms with Crippen LogP contribution < -0.4 is 4.74 Å². The molecule has 104 valence electrons. The van der Waals surface area contributed by atoms with Gasteiger partial charge in [-0.2, -0.15) is 0 Å². The standard InChI is InChI=1S/C17H10BrFO2/c18-14-7-8-16(15(19)10-14)21-17(20)13-6-5-11-3-1-2-4-12(11)9-13/h1-10H. The van der Waals surface area contributed by atoms with Gasteiger partial charge in [0.05, 0.1) is 5.56 Å². The van der Waals surface area contributed by atoms with Gasteiger partial charge in [0.25, 0.3) is 0 Å². The Balaban J connectivity index is 1.89. The maximum Gasteiger partial charge on any atom is 0.343 e. The molecule has 0 fully saturated rings. The van der Waals surface area contributed by atoms with Gasteiger partial charge in [-0.3, -0.25) is 0 Å². The van der Waals surface area contributed by atoms with Crippen LogP contribution in [0, 0.1) is 5.82 Å². The largest absolute Gasteiger partial charge is 0.420 e. The van der Waals surface area contributed by atoms with E-state index < -0.39 is 11.8 Å². The first-order valence-corrected chi connectivity index (χ1v) is 7.09. The minimum absolute atomic E-state index is 0.0867. The average molecular weight is 345 g/mol. The zero-order valence-corrected chi connectivity index (χ0v) is 12.4. The number of halogens is 2. The Morgan fingerprint density at radius 1 is 0.952 bits per heavy atom. The van der Waals surface area contributed by atoms with E-state index >= 15 is 0 Å². The molecule has 0 saturated carbocycles. The Labute approximate surface area is 129 Å². The quantitative estimate of drug-likeness (QED) is 0.485. The fourth-order valence-electron chi connectivity index (χ4n) is 2.03. The van der Waals surface area contributed by atoms with Gasteiger partial charge in [-0.05, 0) is 41.1 Å². The molecule has 0 atom stereocenters. The zero-order valence-electron chi connectivity index (χ0n) is 10.8. The third kappa shape index (κ3) is 2.95. The number of rotatable bonds is 2. The molecule has 0 unspecified atom stereocenters. The molecule has 0 heterocycles. The molecule has 0 aromatic heterocycles. The van der Waals surface area contributed by atoms with Gasteiger partial charge in [0, 0.05) is 4.47 Å². The highest BCUT2D eigenvalue weighted by Gasteiger charge is 2.12. The van der Waals surface area contributed by atoms with Crippen LogP contribution in [0.1, 0.15) is 10.4 Å². The van der Waals surface area contributed by atoms with Crippen LogP contribution in [0.5, 0.6) is 5.75 Å². The lowest BCUT2D eigenvalue weighted by Gasteiger charge is -2.06. The Kier molecular flexibility index (Phi) is 3.71. The second kappa shape index (κ2) is 5.66. The van der Waals surface area contributed by atoms with Crippen LogP contribution in [-0.4, -0.2) is 5.97 Å². The zero-order chi connectivity index (χ0) is 14.8. The van der Waals surface area contributed by atoms with E-state index in [1.807, 2.05) is 30.3 Å². The topological polar surface area (TPSA) is 26.3 Å². The van der Waals surface area contributed by atoms with E-state index in [1.165, 1.54) is 12.1 Å². The Hall–Kier alpha value is -2.20. The number of benzene rings is 3. The van der Waals surface area contributed by atoms with Crippen LogP contribution in [-0.2, 0) is 0 Å². The van der Waals surface area contributed by atoms with Crippen molar-refractivity contribution in [1.82, 2.24) is 0 Å². The number of fused-ring (bicyclic) bond motifs is 1. The minimum Gasteiger partial charge on any atom is -0.420 e. The summed E-state index contributed by atoms with van der Waals surface area (Å²) < 4.78 is 19.4. The van der Waals surface area contributed by atoms with Crippen LogP contribution in [0.2, 0.25) is 0 Å². The van der Waals surface area contributed by atoms with Crippen molar-refractivity contribution >= 4 is 32.7 Å². The van der Waals surface area contributed by atoms with E-state index in [9.17, 15) is 9.18 Å². The SMILES string of the molecule is O=C(Oc1ccc(Br)cc1F)c1ccc2ccccc2c1. The molecule has 3 rings (SSSR count). The maximum atomic E-state index is 13.7. The van der Waals surface area contributed by atoms with E-state index in [4.69, 9.17) is 4.74 Å². The van der Waals surface area contributed by atoms with Gasteiger partial charge in [-0.15, -0.1) is 0 Å². The molecule has 0 aliphatic heterocycles. The molecule has 0 saturated heterocycles. The molecular weight excluding hydrogens is 335 g/mol. The molecule has 0 bridgehead atoms. The van der Waals surface area contributed by atoms with Crippen molar-refractivity contribution in [3.05, 3.63) is 76.5 Å². The van der Waals surface area contributed by atoms with Crippen LogP contribution >= 0.6 is 15.9 Å². The molecule has 0 amide bonds. The van der Waals surface area contributed by atoms with Crippen molar-refractivity contribution in [3.8, 4) is 5.75 Å². The van der Waals surface area contributed by atoms with Gasteiger partial charge in [0.1, 0.15) is 0 Å². The molecule has 21 heavy (non-hydrogen) atoms. The summed E-state index contributed by atoms with van der Waals surface area (Å²) in [5.74, 6) is -1.25. The lowest BCUT2D eigenvalue weighted by atomic mass is 10.1. The van der Waals surface area contributed by atoms with Gasteiger partial charge < -0.3 is 4.74 Å². The van der Waals surface area contributed by atoms with Gasteiger partial charge in [0.2, 0.25) is 0 Å². The summed E-state index contributed by atoms with van der Waals surface area (Å²) in [6.07, 6.45) is 0. The van der Waals surface area contributed by atoms with Crippen LogP contribution in [0.4, 0.5) is 4.39 Å². The first-order valence-electron chi connectivity index (χ1n) is 6.29. The van der Waals surface area contributed by atoms with E-state index in [1.54, 1.807) is 18.2 Å². The van der Waals surface area contributed by atoms with Crippen molar-refractivity contribution in [2.45, 2.75) is 0 Å². The van der Waals surface area contributed by atoms with E-state index in [0.717, 1.165) is 10.8 Å². The van der Waals surface area contributed by atoms with Crippen LogP contribution in [0.15, 0.2) is 65.1 Å². The van der Waals surface area contributed by atoms with Gasteiger partial charge in [-0.25, -0.2) is 9.18 Å². The highest BCUT2D eigenvalue weighted by molar-refractivity contribution is 9.10. The van der Waals surface area contributed by atoms with Crippen LogP contribution in [0.3, 0.4) is 0 Å². The number of carbonyl (C=O) groups is 1. The fraction of sp³-hybridized carbons (Fsp3) is 0. The Morgan fingerprint density at radius 2 is 1.71 bits per heavy atom. The third-order valence-corrected chi connectivity index (χ3v) is 3.58. The molecule has 0 N–H and O–H groups in total. The fourth-order valence-corrected chi connectivity index (χ4v) is 2.37. The Morgan fingerprint density at radius 3 is 2.48 bits per heavy atom. The highest BCUT2D eigenvalue weighted by Crippen LogP contribution is 2.23. The van der Waals surface area contributed by atoms with Crippen molar-refractivity contribution in [2.24, 2.45) is 0 Å². The Bertz CT molecular complexity index is 830. The number of hydrogen-bond acceptors (Lipinski definition) is 2. The molecule has 0 aliphatic rings. The molecule has 0 aliphatic carbocycles. The molecule has 0 spiro atoms. The van der Waals surface area contributed by atoms with Gasteiger partial charge in [-0.1, -0.05) is 46.3 Å². The summed E-state index contributed by atoms with van der Waals surface area (Å²) in [7, 11) is 0. The van der Waals surface area contributed by atoms with Gasteiger partial charge in [0.15, 0.2) is 11.6 Å². The van der Waals surface area contributed by atoms with Crippen molar-refractivity contribution in [2.75, 3.05) is 0 Å². The van der Waals surface area contributed by atoms with Crippen molar-refractivity contribution in [1.29, 1.82) is 0 Å². The lowest BCUT2D eigenvalue weighted by Crippen LogP contribution is -2.09. The van der Waals surface area contributed by atoms with E-state index in [2.05, 4.69) is 15.9 Å². The van der Waals surface area contributed by atoms with Gasteiger partial charge >= 0.3 is 5.97 Å². The second-order valence-electron chi connectivity index (χ2n) is 4.53. The normalized spacial score (nSPS) is 10.6. The highest BCUT2D eigenvalue weighted by atomic mass is 79.9. The second-order valence-corrected chi connectivity index (χ2v) is 5.44. The molecular formula is C17H10BrFO2. The number of ether oxygens (including phenoxy) is 1. The smallest absolute Gasteiger partial charge is 0.343 e. The molecule has 2 nitrogen and oxygen atoms in total. The number of esters is 1. The molecule has 3 aromatic rings.